The molecule has 1 saturated heterocycles. The fourth-order valence-electron chi connectivity index (χ4n) is 4.01. The number of phenolic OH excluding ortho intramolecular Hbond substituents is 1. The van der Waals surface area contributed by atoms with E-state index in [-0.39, 0.29) is 12.2 Å². The second-order valence-corrected chi connectivity index (χ2v) is 8.53. The average Bonchev–Trinajstić information content (AvgIpc) is 3.33. The average molecular weight is 510 g/mol. The van der Waals surface area contributed by atoms with Gasteiger partial charge in [0.15, 0.2) is 0 Å². The molecule has 3 N–H and O–H groups in total. The first-order valence-electron chi connectivity index (χ1n) is 10.8. The molecule has 35 heavy (non-hydrogen) atoms. The normalized spacial score (nSPS) is 14.3. The van der Waals surface area contributed by atoms with Gasteiger partial charge >= 0.3 is 12.1 Å². The molecule has 0 saturated carbocycles. The Labute approximate surface area is 204 Å². The van der Waals surface area contributed by atoms with Crippen LogP contribution in [0.5, 0.6) is 11.5 Å². The lowest BCUT2D eigenvalue weighted by molar-refractivity contribution is -0.167. The summed E-state index contributed by atoms with van der Waals surface area (Å²) in [6.45, 7) is 2.13. The Kier molecular flexibility index (Phi) is 7.18. The van der Waals surface area contributed by atoms with Gasteiger partial charge in [-0.2, -0.15) is 13.2 Å². The summed E-state index contributed by atoms with van der Waals surface area (Å²) in [5.74, 6) is -1.78. The Bertz CT molecular complexity index is 1250. The number of carbonyl (C=O) groups excluding carboxylic acids is 1. The van der Waals surface area contributed by atoms with E-state index < -0.39 is 17.8 Å². The van der Waals surface area contributed by atoms with Crippen LogP contribution in [-0.2, 0) is 17.9 Å². The number of nitrogens with one attached hydrogen (secondary N) is 2. The molecule has 0 atom stereocenters. The van der Waals surface area contributed by atoms with Crippen molar-refractivity contribution in [2.45, 2.75) is 32.1 Å². The van der Waals surface area contributed by atoms with Gasteiger partial charge in [-0.3, -0.25) is 9.69 Å². The summed E-state index contributed by atoms with van der Waals surface area (Å²) in [6.07, 6.45) is -1.84. The number of anilines is 2. The van der Waals surface area contributed by atoms with E-state index in [0.717, 1.165) is 31.5 Å². The Balaban J connectivity index is 1.73. The standard InChI is InChI=1S/C23H23ClF3N5O3/c1-35-18-5-4-13(8-16(18)24)10-28-21-14-9-17(31-22(34)23(25,26)27)20(33)15(19(14)29-12-30-21)11-32-6-2-3-7-32/h4-5,8-9,12,33H,2-3,6-7,10-11H2,1H3,(H,31,34)(H,28,29,30). The van der Waals surface area contributed by atoms with Crippen LogP contribution in [0.3, 0.4) is 0 Å². The smallest absolute Gasteiger partial charge is 0.471 e. The molecule has 0 radical (unpaired) electrons. The number of likely N-dealkylation sites (tertiary alicyclic amines) is 1. The number of phenols is 1. The van der Waals surface area contributed by atoms with Gasteiger partial charge in [0, 0.05) is 24.0 Å². The number of hydrogen-bond donors (Lipinski definition) is 3. The molecule has 0 spiro atoms. The Morgan fingerprint density at radius 1 is 1.23 bits per heavy atom. The first-order valence-corrected chi connectivity index (χ1v) is 11.2. The molecule has 8 nitrogen and oxygen atoms in total. The maximum absolute atomic E-state index is 12.9. The van der Waals surface area contributed by atoms with Gasteiger partial charge in [-0.15, -0.1) is 0 Å². The monoisotopic (exact) mass is 509 g/mol. The van der Waals surface area contributed by atoms with Crippen LogP contribution in [-0.4, -0.2) is 52.3 Å². The number of halogens is 4. The van der Waals surface area contributed by atoms with Crippen molar-refractivity contribution in [2.24, 2.45) is 0 Å². The fraction of sp³-hybridized carbons (Fsp3) is 0.348. The summed E-state index contributed by atoms with van der Waals surface area (Å²) in [5, 5.41) is 16.5. The van der Waals surface area contributed by atoms with Crippen molar-refractivity contribution in [2.75, 3.05) is 30.8 Å². The lowest BCUT2D eigenvalue weighted by Crippen LogP contribution is -2.30. The highest BCUT2D eigenvalue weighted by atomic mass is 35.5. The highest BCUT2D eigenvalue weighted by molar-refractivity contribution is 6.32. The van der Waals surface area contributed by atoms with Gasteiger partial charge in [-0.05, 0) is 49.7 Å². The largest absolute Gasteiger partial charge is 0.505 e. The van der Waals surface area contributed by atoms with Crippen LogP contribution in [0.1, 0.15) is 24.0 Å². The number of fused-ring (bicyclic) bond motifs is 1. The number of rotatable bonds is 7. The summed E-state index contributed by atoms with van der Waals surface area (Å²) in [4.78, 5) is 22.2. The second kappa shape index (κ2) is 10.1. The van der Waals surface area contributed by atoms with Crippen LogP contribution in [0.15, 0.2) is 30.6 Å². The van der Waals surface area contributed by atoms with E-state index in [1.165, 1.54) is 19.5 Å². The third-order valence-corrected chi connectivity index (χ3v) is 6.06. The molecule has 1 aliphatic rings. The first-order chi connectivity index (χ1) is 16.7. The fourth-order valence-corrected chi connectivity index (χ4v) is 4.29. The molecule has 0 aliphatic carbocycles. The highest BCUT2D eigenvalue weighted by Gasteiger charge is 2.39. The number of methoxy groups -OCH3 is 1. The van der Waals surface area contributed by atoms with Crippen LogP contribution >= 0.6 is 11.6 Å². The molecule has 0 unspecified atom stereocenters. The predicted octanol–water partition coefficient (Wildman–Crippen LogP) is 4.71. The first kappa shape index (κ1) is 24.8. The number of aromatic hydroxyl groups is 1. The van der Waals surface area contributed by atoms with Gasteiger partial charge in [0.1, 0.15) is 23.6 Å². The number of hydrogen-bond acceptors (Lipinski definition) is 7. The van der Waals surface area contributed by atoms with E-state index in [2.05, 4.69) is 20.2 Å². The third kappa shape index (κ3) is 5.51. The maximum Gasteiger partial charge on any atom is 0.471 e. The van der Waals surface area contributed by atoms with Crippen molar-refractivity contribution in [3.05, 3.63) is 46.7 Å². The number of carbonyl (C=O) groups is 1. The molecule has 0 bridgehead atoms. The minimum Gasteiger partial charge on any atom is -0.505 e. The molecule has 1 amide bonds. The quantitative estimate of drug-likeness (QED) is 0.397. The van der Waals surface area contributed by atoms with Crippen molar-refractivity contribution in [1.29, 1.82) is 0 Å². The molecular formula is C23H23ClF3N5O3. The summed E-state index contributed by atoms with van der Waals surface area (Å²) in [5.41, 5.74) is 1.15. The van der Waals surface area contributed by atoms with E-state index in [1.54, 1.807) is 23.5 Å². The van der Waals surface area contributed by atoms with Crippen LogP contribution in [0.4, 0.5) is 24.7 Å². The zero-order chi connectivity index (χ0) is 25.2. The molecule has 4 rings (SSSR count). The molecule has 186 valence electrons. The summed E-state index contributed by atoms with van der Waals surface area (Å²) >= 11 is 6.19. The van der Waals surface area contributed by atoms with Crippen molar-refractivity contribution in [1.82, 2.24) is 14.9 Å². The van der Waals surface area contributed by atoms with Gasteiger partial charge in [-0.1, -0.05) is 17.7 Å². The van der Waals surface area contributed by atoms with E-state index in [9.17, 15) is 23.1 Å². The van der Waals surface area contributed by atoms with Crippen molar-refractivity contribution in [3.63, 3.8) is 0 Å². The zero-order valence-corrected chi connectivity index (χ0v) is 19.5. The maximum atomic E-state index is 12.9. The highest BCUT2D eigenvalue weighted by Crippen LogP contribution is 2.38. The summed E-state index contributed by atoms with van der Waals surface area (Å²) in [7, 11) is 1.51. The van der Waals surface area contributed by atoms with Crippen molar-refractivity contribution in [3.8, 4) is 11.5 Å². The molecule has 1 aromatic heterocycles. The number of ether oxygens (including phenoxy) is 1. The number of aromatic nitrogens is 2. The molecule has 2 aromatic carbocycles. The van der Waals surface area contributed by atoms with Crippen LogP contribution in [0, 0.1) is 0 Å². The Morgan fingerprint density at radius 3 is 2.63 bits per heavy atom. The van der Waals surface area contributed by atoms with Gasteiger partial charge in [-0.25, -0.2) is 9.97 Å². The van der Waals surface area contributed by atoms with Crippen LogP contribution < -0.4 is 15.4 Å². The lowest BCUT2D eigenvalue weighted by atomic mass is 10.1. The van der Waals surface area contributed by atoms with E-state index in [1.807, 2.05) is 0 Å². The minimum atomic E-state index is -5.11. The van der Waals surface area contributed by atoms with Gasteiger partial charge < -0.3 is 20.5 Å². The lowest BCUT2D eigenvalue weighted by Gasteiger charge is -2.20. The molecule has 3 aromatic rings. The molecule has 1 fully saturated rings. The van der Waals surface area contributed by atoms with Gasteiger partial charge in [0.25, 0.3) is 0 Å². The Hall–Kier alpha value is -3.31. The van der Waals surface area contributed by atoms with Gasteiger partial charge in [0.2, 0.25) is 0 Å². The molecule has 12 heteroatoms. The Morgan fingerprint density at radius 2 is 1.97 bits per heavy atom. The SMILES string of the molecule is COc1ccc(CNc2ncnc3c(CN4CCCC4)c(O)c(NC(=O)C(F)(F)F)cc23)cc1Cl. The third-order valence-electron chi connectivity index (χ3n) is 5.76. The topological polar surface area (TPSA) is 99.6 Å². The van der Waals surface area contributed by atoms with E-state index in [0.29, 0.717) is 39.6 Å². The predicted molar refractivity (Wildman–Crippen MR) is 126 cm³/mol. The van der Waals surface area contributed by atoms with Crippen molar-refractivity contribution < 1.29 is 27.8 Å². The minimum absolute atomic E-state index is 0.266. The van der Waals surface area contributed by atoms with Gasteiger partial charge in [0.05, 0.1) is 23.3 Å². The van der Waals surface area contributed by atoms with E-state index in [4.69, 9.17) is 16.3 Å². The molecule has 2 heterocycles. The summed E-state index contributed by atoms with van der Waals surface area (Å²) < 4.78 is 43.9. The molecular weight excluding hydrogens is 487 g/mol. The summed E-state index contributed by atoms with van der Waals surface area (Å²) in [6, 6.07) is 6.48. The van der Waals surface area contributed by atoms with Crippen LogP contribution in [0.25, 0.3) is 10.9 Å². The zero-order valence-electron chi connectivity index (χ0n) is 18.7. The number of benzene rings is 2. The number of nitrogens with zero attached hydrogens (tertiary/aromatic N) is 3. The molecule has 1 aliphatic heterocycles. The second-order valence-electron chi connectivity index (χ2n) is 8.13. The number of alkyl halides is 3. The van der Waals surface area contributed by atoms with E-state index >= 15 is 0 Å². The van der Waals surface area contributed by atoms with Crippen LogP contribution in [0.2, 0.25) is 5.02 Å². The van der Waals surface area contributed by atoms with Crippen molar-refractivity contribution >= 4 is 39.9 Å². The number of amides is 1.